The van der Waals surface area contributed by atoms with Gasteiger partial charge in [0.05, 0.1) is 12.2 Å². The van der Waals surface area contributed by atoms with Gasteiger partial charge in [0.2, 0.25) is 11.9 Å². The van der Waals surface area contributed by atoms with E-state index in [4.69, 9.17) is 0 Å². The van der Waals surface area contributed by atoms with Crippen molar-refractivity contribution in [1.29, 1.82) is 0 Å². The highest BCUT2D eigenvalue weighted by atomic mass is 16.2. The van der Waals surface area contributed by atoms with E-state index >= 15 is 0 Å². The average Bonchev–Trinajstić information content (AvgIpc) is 3.06. The van der Waals surface area contributed by atoms with Crippen LogP contribution in [0.1, 0.15) is 37.3 Å². The zero-order chi connectivity index (χ0) is 16.8. The van der Waals surface area contributed by atoms with E-state index in [-0.39, 0.29) is 5.91 Å². The van der Waals surface area contributed by atoms with Crippen molar-refractivity contribution >= 4 is 11.9 Å². The van der Waals surface area contributed by atoms with Crippen molar-refractivity contribution in [2.75, 3.05) is 25.0 Å². The lowest BCUT2D eigenvalue weighted by molar-refractivity contribution is -0.132. The number of nitrogens with one attached hydrogen (secondary N) is 1. The van der Waals surface area contributed by atoms with Crippen LogP contribution >= 0.6 is 0 Å². The van der Waals surface area contributed by atoms with Crippen molar-refractivity contribution in [3.8, 4) is 0 Å². The Morgan fingerprint density at radius 2 is 2.21 bits per heavy atom. The molecular formula is C17H24N6O. The van der Waals surface area contributed by atoms with Crippen molar-refractivity contribution in [2.45, 2.75) is 38.6 Å². The Morgan fingerprint density at radius 3 is 2.96 bits per heavy atom. The number of carbonyl (C=O) groups is 1. The van der Waals surface area contributed by atoms with Crippen LogP contribution in [0.15, 0.2) is 30.9 Å². The van der Waals surface area contributed by atoms with Gasteiger partial charge in [0.25, 0.3) is 0 Å². The van der Waals surface area contributed by atoms with E-state index in [0.29, 0.717) is 25.0 Å². The van der Waals surface area contributed by atoms with Crippen LogP contribution in [0.25, 0.3) is 0 Å². The molecule has 1 aliphatic heterocycles. The molecule has 0 saturated carbocycles. The van der Waals surface area contributed by atoms with Crippen LogP contribution in [0.2, 0.25) is 0 Å². The number of hydrogen-bond donors (Lipinski definition) is 1. The first-order valence-electron chi connectivity index (χ1n) is 8.52. The van der Waals surface area contributed by atoms with Crippen molar-refractivity contribution in [3.05, 3.63) is 36.4 Å². The number of carbonyl (C=O) groups excluding carboxylic acids is 1. The lowest BCUT2D eigenvalue weighted by Gasteiger charge is -2.33. The van der Waals surface area contributed by atoms with Crippen LogP contribution in [0.4, 0.5) is 5.95 Å². The van der Waals surface area contributed by atoms with Gasteiger partial charge in [-0.3, -0.25) is 9.48 Å². The van der Waals surface area contributed by atoms with Crippen molar-refractivity contribution in [1.82, 2.24) is 24.6 Å². The summed E-state index contributed by atoms with van der Waals surface area (Å²) in [5.41, 5.74) is 1.16. The molecule has 3 heterocycles. The van der Waals surface area contributed by atoms with E-state index in [1.165, 1.54) is 0 Å². The number of rotatable bonds is 6. The second-order valence-corrected chi connectivity index (χ2v) is 6.24. The molecule has 1 N–H and O–H groups in total. The standard InChI is InChI=1S/C17H24N6O/c1-14-11-21-23(12-14)15-5-3-10-22(13-15)16(24)6-2-7-18-17-19-8-4-9-20-17/h4,8-9,11-12,15H,2-3,5-7,10,13H2,1H3,(H,18,19,20)/t15-/m0/s1. The monoisotopic (exact) mass is 328 g/mol. The smallest absolute Gasteiger partial charge is 0.222 e. The SMILES string of the molecule is Cc1cnn([C@H]2CCCN(C(=O)CCCNc3ncccn3)C2)c1. The second kappa shape index (κ2) is 7.90. The van der Waals surface area contributed by atoms with E-state index in [1.54, 1.807) is 18.5 Å². The molecule has 7 heteroatoms. The summed E-state index contributed by atoms with van der Waals surface area (Å²) in [5.74, 6) is 0.830. The first-order chi connectivity index (χ1) is 11.7. The number of piperidine rings is 1. The lowest BCUT2D eigenvalue weighted by atomic mass is 10.1. The maximum Gasteiger partial charge on any atom is 0.222 e. The zero-order valence-corrected chi connectivity index (χ0v) is 14.1. The van der Waals surface area contributed by atoms with Gasteiger partial charge in [-0.25, -0.2) is 9.97 Å². The summed E-state index contributed by atoms with van der Waals surface area (Å²) in [6, 6.07) is 2.08. The van der Waals surface area contributed by atoms with Gasteiger partial charge >= 0.3 is 0 Å². The third kappa shape index (κ3) is 4.31. The van der Waals surface area contributed by atoms with Crippen LogP contribution in [0, 0.1) is 6.92 Å². The van der Waals surface area contributed by atoms with Gasteiger partial charge in [0.1, 0.15) is 0 Å². The van der Waals surface area contributed by atoms with E-state index in [1.807, 2.05) is 22.7 Å². The molecule has 0 aliphatic carbocycles. The van der Waals surface area contributed by atoms with E-state index in [9.17, 15) is 4.79 Å². The summed E-state index contributed by atoms with van der Waals surface area (Å²) in [4.78, 5) is 22.6. The van der Waals surface area contributed by atoms with Crippen molar-refractivity contribution in [2.24, 2.45) is 0 Å². The van der Waals surface area contributed by atoms with Crippen molar-refractivity contribution in [3.63, 3.8) is 0 Å². The van der Waals surface area contributed by atoms with Gasteiger partial charge in [-0.15, -0.1) is 0 Å². The summed E-state index contributed by atoms with van der Waals surface area (Å²) in [5, 5.41) is 7.53. The minimum Gasteiger partial charge on any atom is -0.354 e. The third-order valence-electron chi connectivity index (χ3n) is 4.27. The fourth-order valence-corrected chi connectivity index (χ4v) is 3.02. The summed E-state index contributed by atoms with van der Waals surface area (Å²) >= 11 is 0. The molecule has 128 valence electrons. The maximum atomic E-state index is 12.4. The molecule has 2 aromatic heterocycles. The zero-order valence-electron chi connectivity index (χ0n) is 14.1. The summed E-state index contributed by atoms with van der Waals surface area (Å²) in [6.07, 6.45) is 10.8. The summed E-state index contributed by atoms with van der Waals surface area (Å²) in [7, 11) is 0. The highest BCUT2D eigenvalue weighted by Gasteiger charge is 2.24. The highest BCUT2D eigenvalue weighted by Crippen LogP contribution is 2.21. The second-order valence-electron chi connectivity index (χ2n) is 6.24. The largest absolute Gasteiger partial charge is 0.354 e. The molecule has 0 bridgehead atoms. The minimum absolute atomic E-state index is 0.222. The van der Waals surface area contributed by atoms with Gasteiger partial charge in [-0.1, -0.05) is 0 Å². The Balaban J connectivity index is 1.43. The molecule has 1 fully saturated rings. The van der Waals surface area contributed by atoms with Crippen molar-refractivity contribution < 1.29 is 4.79 Å². The molecule has 1 atom stereocenters. The van der Waals surface area contributed by atoms with Crippen LogP contribution in [0.5, 0.6) is 0 Å². The van der Waals surface area contributed by atoms with Crippen LogP contribution in [0.3, 0.4) is 0 Å². The van der Waals surface area contributed by atoms with E-state index < -0.39 is 0 Å². The molecule has 1 aliphatic rings. The quantitative estimate of drug-likeness (QED) is 0.821. The predicted molar refractivity (Wildman–Crippen MR) is 91.6 cm³/mol. The molecule has 0 unspecified atom stereocenters. The van der Waals surface area contributed by atoms with Gasteiger partial charge in [0.15, 0.2) is 0 Å². The lowest BCUT2D eigenvalue weighted by Crippen LogP contribution is -2.40. The molecular weight excluding hydrogens is 304 g/mol. The van der Waals surface area contributed by atoms with Gasteiger partial charge in [-0.2, -0.15) is 5.10 Å². The molecule has 7 nitrogen and oxygen atoms in total. The number of amides is 1. The molecule has 1 amide bonds. The first kappa shape index (κ1) is 16.4. The molecule has 2 aromatic rings. The molecule has 24 heavy (non-hydrogen) atoms. The Bertz CT molecular complexity index is 656. The molecule has 0 radical (unpaired) electrons. The van der Waals surface area contributed by atoms with Crippen LogP contribution in [-0.4, -0.2) is 50.2 Å². The number of hydrogen-bond acceptors (Lipinski definition) is 5. The molecule has 0 spiro atoms. The summed E-state index contributed by atoms with van der Waals surface area (Å²) in [6.45, 7) is 4.35. The first-order valence-corrected chi connectivity index (χ1v) is 8.52. The number of aromatic nitrogens is 4. The van der Waals surface area contributed by atoms with Gasteiger partial charge < -0.3 is 10.2 Å². The predicted octanol–water partition coefficient (Wildman–Crippen LogP) is 2.04. The van der Waals surface area contributed by atoms with Gasteiger partial charge in [-0.05, 0) is 37.8 Å². The number of anilines is 1. The Labute approximate surface area is 142 Å². The molecule has 0 aromatic carbocycles. The fraction of sp³-hybridized carbons (Fsp3) is 0.529. The fourth-order valence-electron chi connectivity index (χ4n) is 3.02. The maximum absolute atomic E-state index is 12.4. The highest BCUT2D eigenvalue weighted by molar-refractivity contribution is 5.76. The number of likely N-dealkylation sites (tertiary alicyclic amines) is 1. The minimum atomic E-state index is 0.222. The van der Waals surface area contributed by atoms with Crippen LogP contribution < -0.4 is 5.32 Å². The Kier molecular flexibility index (Phi) is 5.40. The Morgan fingerprint density at radius 1 is 1.38 bits per heavy atom. The average molecular weight is 328 g/mol. The van der Waals surface area contributed by atoms with E-state index in [0.717, 1.165) is 37.9 Å². The van der Waals surface area contributed by atoms with Gasteiger partial charge in [0, 0.05) is 44.6 Å². The van der Waals surface area contributed by atoms with Crippen LogP contribution in [-0.2, 0) is 4.79 Å². The summed E-state index contributed by atoms with van der Waals surface area (Å²) < 4.78 is 2.00. The molecule has 3 rings (SSSR count). The third-order valence-corrected chi connectivity index (χ3v) is 4.27. The number of nitrogens with zero attached hydrogens (tertiary/aromatic N) is 5. The Hall–Kier alpha value is -2.44. The molecule has 1 saturated heterocycles. The van der Waals surface area contributed by atoms with E-state index in [2.05, 4.69) is 26.6 Å². The topological polar surface area (TPSA) is 75.9 Å². The normalized spacial score (nSPS) is 17.7. The number of aryl methyl sites for hydroxylation is 1.